The molecule has 6 heteroatoms. The summed E-state index contributed by atoms with van der Waals surface area (Å²) in [6.07, 6.45) is -0.0884. The number of aliphatic hydroxyl groups is 1. The molecule has 2 rings (SSSR count). The van der Waals surface area contributed by atoms with E-state index in [1.165, 1.54) is 10.4 Å². The van der Waals surface area contributed by atoms with Gasteiger partial charge in [0.15, 0.2) is 0 Å². The van der Waals surface area contributed by atoms with E-state index in [1.807, 2.05) is 6.92 Å². The first-order valence-corrected chi connectivity index (χ1v) is 7.29. The molecule has 0 bridgehead atoms. The lowest BCUT2D eigenvalue weighted by molar-refractivity contribution is 0.0102. The molecule has 1 N–H and O–H groups in total. The number of sulfonamides is 1. The van der Waals surface area contributed by atoms with Crippen LogP contribution in [0.25, 0.3) is 0 Å². The van der Waals surface area contributed by atoms with Crippen LogP contribution in [0.4, 0.5) is 0 Å². The van der Waals surface area contributed by atoms with Crippen molar-refractivity contribution in [2.45, 2.75) is 24.5 Å². The third-order valence-electron chi connectivity index (χ3n) is 2.92. The Morgan fingerprint density at radius 2 is 2.28 bits per heavy atom. The molecule has 1 atom stereocenters. The van der Waals surface area contributed by atoms with E-state index in [0.717, 1.165) is 0 Å². The minimum Gasteiger partial charge on any atom is -0.392 e. The van der Waals surface area contributed by atoms with Crippen LogP contribution in [0.2, 0.25) is 0 Å². The fraction of sp³-hybridized carbons (Fsp3) is 0.500. The number of benzene rings is 1. The lowest BCUT2D eigenvalue weighted by Gasteiger charge is -2.30. The van der Waals surface area contributed by atoms with Crippen LogP contribution in [0.5, 0.6) is 0 Å². The maximum absolute atomic E-state index is 12.4. The van der Waals surface area contributed by atoms with Gasteiger partial charge in [-0.2, -0.15) is 4.31 Å². The molecule has 0 radical (unpaired) electrons. The molecule has 1 unspecified atom stereocenters. The first-order valence-electron chi connectivity index (χ1n) is 5.85. The zero-order valence-electron chi connectivity index (χ0n) is 10.2. The monoisotopic (exact) mass is 271 g/mol. The van der Waals surface area contributed by atoms with Gasteiger partial charge in [-0.1, -0.05) is 12.1 Å². The van der Waals surface area contributed by atoms with Gasteiger partial charge < -0.3 is 9.84 Å². The minimum absolute atomic E-state index is 0.0884. The molecule has 1 aliphatic heterocycles. The van der Waals surface area contributed by atoms with Crippen molar-refractivity contribution in [3.8, 4) is 0 Å². The highest BCUT2D eigenvalue weighted by Crippen LogP contribution is 2.19. The number of rotatable bonds is 3. The molecular weight excluding hydrogens is 254 g/mol. The summed E-state index contributed by atoms with van der Waals surface area (Å²) in [7, 11) is -3.49. The van der Waals surface area contributed by atoms with Gasteiger partial charge in [-0.25, -0.2) is 8.42 Å². The van der Waals surface area contributed by atoms with E-state index in [9.17, 15) is 8.42 Å². The van der Waals surface area contributed by atoms with Crippen molar-refractivity contribution >= 4 is 10.0 Å². The first-order chi connectivity index (χ1) is 8.54. The predicted molar refractivity (Wildman–Crippen MR) is 66.5 cm³/mol. The molecule has 0 saturated carbocycles. The Labute approximate surface area is 107 Å². The van der Waals surface area contributed by atoms with Crippen LogP contribution < -0.4 is 0 Å². The standard InChI is InChI=1S/C12H17NO4S/c1-10-8-13(5-6-17-10)18(15,16)12-4-2-3-11(7-12)9-14/h2-4,7,10,14H,5-6,8-9H2,1H3. The number of morpholine rings is 1. The van der Waals surface area contributed by atoms with Gasteiger partial charge in [0, 0.05) is 13.1 Å². The van der Waals surface area contributed by atoms with Crippen molar-refractivity contribution in [2.24, 2.45) is 0 Å². The smallest absolute Gasteiger partial charge is 0.243 e. The lowest BCUT2D eigenvalue weighted by Crippen LogP contribution is -2.44. The van der Waals surface area contributed by atoms with E-state index in [1.54, 1.807) is 18.2 Å². The average Bonchev–Trinajstić information content (AvgIpc) is 2.39. The number of aliphatic hydroxyl groups excluding tert-OH is 1. The summed E-state index contributed by atoms with van der Waals surface area (Å²) < 4.78 is 31.5. The highest BCUT2D eigenvalue weighted by molar-refractivity contribution is 7.89. The fourth-order valence-electron chi connectivity index (χ4n) is 1.96. The Kier molecular flexibility index (Phi) is 4.01. The molecule has 1 heterocycles. The van der Waals surface area contributed by atoms with Gasteiger partial charge in [-0.3, -0.25) is 0 Å². The summed E-state index contributed by atoms with van der Waals surface area (Å²) in [6.45, 7) is 2.84. The van der Waals surface area contributed by atoms with E-state index in [4.69, 9.17) is 9.84 Å². The molecule has 1 aliphatic rings. The number of hydrogen-bond acceptors (Lipinski definition) is 4. The molecule has 0 amide bonds. The van der Waals surface area contributed by atoms with Crippen molar-refractivity contribution in [1.82, 2.24) is 4.31 Å². The molecule has 0 aromatic heterocycles. The molecular formula is C12H17NO4S. The number of nitrogens with zero attached hydrogens (tertiary/aromatic N) is 1. The van der Waals surface area contributed by atoms with Gasteiger partial charge in [0.05, 0.1) is 24.2 Å². The first kappa shape index (κ1) is 13.5. The van der Waals surface area contributed by atoms with Crippen molar-refractivity contribution in [2.75, 3.05) is 19.7 Å². The van der Waals surface area contributed by atoms with Gasteiger partial charge >= 0.3 is 0 Å². The Morgan fingerprint density at radius 1 is 1.50 bits per heavy atom. The second kappa shape index (κ2) is 5.36. The lowest BCUT2D eigenvalue weighted by atomic mass is 10.2. The van der Waals surface area contributed by atoms with E-state index in [-0.39, 0.29) is 17.6 Å². The van der Waals surface area contributed by atoms with E-state index >= 15 is 0 Å². The van der Waals surface area contributed by atoms with Crippen LogP contribution in [0, 0.1) is 0 Å². The van der Waals surface area contributed by atoms with Crippen LogP contribution in [-0.4, -0.2) is 43.6 Å². The summed E-state index contributed by atoms with van der Waals surface area (Å²) in [6, 6.07) is 6.40. The average molecular weight is 271 g/mol. The maximum Gasteiger partial charge on any atom is 0.243 e. The molecule has 0 aliphatic carbocycles. The molecule has 100 valence electrons. The predicted octanol–water partition coefficient (Wildman–Crippen LogP) is 0.588. The van der Waals surface area contributed by atoms with Gasteiger partial charge in [0.2, 0.25) is 10.0 Å². The molecule has 0 spiro atoms. The van der Waals surface area contributed by atoms with Crippen molar-refractivity contribution < 1.29 is 18.3 Å². The van der Waals surface area contributed by atoms with Gasteiger partial charge in [-0.15, -0.1) is 0 Å². The van der Waals surface area contributed by atoms with E-state index in [0.29, 0.717) is 25.3 Å². The van der Waals surface area contributed by atoms with Crippen LogP contribution in [0.1, 0.15) is 12.5 Å². The van der Waals surface area contributed by atoms with Crippen molar-refractivity contribution in [3.05, 3.63) is 29.8 Å². The van der Waals surface area contributed by atoms with Crippen LogP contribution in [-0.2, 0) is 21.4 Å². The molecule has 1 aromatic rings. The third-order valence-corrected chi connectivity index (χ3v) is 4.78. The van der Waals surface area contributed by atoms with Gasteiger partial charge in [-0.05, 0) is 24.6 Å². The van der Waals surface area contributed by atoms with Crippen molar-refractivity contribution in [3.63, 3.8) is 0 Å². The highest BCUT2D eigenvalue weighted by Gasteiger charge is 2.29. The largest absolute Gasteiger partial charge is 0.392 e. The Hall–Kier alpha value is -0.950. The van der Waals surface area contributed by atoms with Crippen LogP contribution in [0.15, 0.2) is 29.2 Å². The quantitative estimate of drug-likeness (QED) is 0.873. The molecule has 5 nitrogen and oxygen atoms in total. The summed E-state index contributed by atoms with van der Waals surface area (Å²) in [5.41, 5.74) is 0.595. The van der Waals surface area contributed by atoms with E-state index in [2.05, 4.69) is 0 Å². The van der Waals surface area contributed by atoms with Crippen LogP contribution in [0.3, 0.4) is 0 Å². The van der Waals surface area contributed by atoms with E-state index < -0.39 is 10.0 Å². The van der Waals surface area contributed by atoms with Crippen LogP contribution >= 0.6 is 0 Å². The molecule has 1 aromatic carbocycles. The SMILES string of the molecule is CC1CN(S(=O)(=O)c2cccc(CO)c2)CCO1. The normalized spacial score (nSPS) is 22.0. The number of ether oxygens (including phenoxy) is 1. The molecule has 1 fully saturated rings. The third kappa shape index (κ3) is 2.72. The zero-order chi connectivity index (χ0) is 13.2. The van der Waals surface area contributed by atoms with Crippen molar-refractivity contribution in [1.29, 1.82) is 0 Å². The zero-order valence-corrected chi connectivity index (χ0v) is 11.1. The Bertz CT molecular complexity index is 515. The Balaban J connectivity index is 2.29. The number of hydrogen-bond donors (Lipinski definition) is 1. The summed E-state index contributed by atoms with van der Waals surface area (Å²) in [5.74, 6) is 0. The Morgan fingerprint density at radius 3 is 2.94 bits per heavy atom. The fourth-order valence-corrected chi connectivity index (χ4v) is 3.53. The highest BCUT2D eigenvalue weighted by atomic mass is 32.2. The van der Waals surface area contributed by atoms with Gasteiger partial charge in [0.1, 0.15) is 0 Å². The maximum atomic E-state index is 12.4. The topological polar surface area (TPSA) is 66.8 Å². The summed E-state index contributed by atoms with van der Waals surface area (Å²) >= 11 is 0. The summed E-state index contributed by atoms with van der Waals surface area (Å²) in [4.78, 5) is 0.225. The molecule has 18 heavy (non-hydrogen) atoms. The second-order valence-corrected chi connectivity index (χ2v) is 6.29. The summed E-state index contributed by atoms with van der Waals surface area (Å²) in [5, 5.41) is 9.05. The van der Waals surface area contributed by atoms with Gasteiger partial charge in [0.25, 0.3) is 0 Å². The minimum atomic E-state index is -3.49. The molecule has 1 saturated heterocycles. The second-order valence-electron chi connectivity index (χ2n) is 4.35.